The molecule has 2 rings (SSSR count). The fourth-order valence-electron chi connectivity index (χ4n) is 2.73. The summed E-state index contributed by atoms with van der Waals surface area (Å²) < 4.78 is 5.30. The van der Waals surface area contributed by atoms with Gasteiger partial charge in [0.05, 0.1) is 12.7 Å². The van der Waals surface area contributed by atoms with Crippen molar-refractivity contribution in [1.29, 1.82) is 0 Å². The first kappa shape index (κ1) is 15.6. The number of hydrogen-bond donors (Lipinski definition) is 3. The third-order valence-electron chi connectivity index (χ3n) is 4.03. The molecule has 0 amide bonds. The summed E-state index contributed by atoms with van der Waals surface area (Å²) in [6, 6.07) is 6.32. The van der Waals surface area contributed by atoms with Crippen molar-refractivity contribution in [3.8, 4) is 5.75 Å². The molecule has 0 aromatic heterocycles. The van der Waals surface area contributed by atoms with Crippen molar-refractivity contribution in [2.45, 2.75) is 25.4 Å². The molecule has 1 fully saturated rings. The molecule has 0 bridgehead atoms. The highest BCUT2D eigenvalue weighted by molar-refractivity contribution is 5.99. The number of ether oxygens (including phenoxy) is 1. The number of methoxy groups -OCH3 is 1. The van der Waals surface area contributed by atoms with Crippen molar-refractivity contribution < 1.29 is 9.94 Å². The molecule has 21 heavy (non-hydrogen) atoms. The summed E-state index contributed by atoms with van der Waals surface area (Å²) in [7, 11) is 3.75. The quantitative estimate of drug-likeness (QED) is 0.315. The summed E-state index contributed by atoms with van der Waals surface area (Å²) in [5.74, 6) is 0.668. The van der Waals surface area contributed by atoms with Gasteiger partial charge in [-0.3, -0.25) is 0 Å². The Morgan fingerprint density at radius 2 is 2.38 bits per heavy atom. The molecule has 6 nitrogen and oxygen atoms in total. The number of rotatable bonds is 6. The fourth-order valence-corrected chi connectivity index (χ4v) is 2.73. The van der Waals surface area contributed by atoms with Crippen LogP contribution in [0.15, 0.2) is 23.4 Å². The van der Waals surface area contributed by atoms with Gasteiger partial charge in [-0.1, -0.05) is 11.2 Å². The molecular formula is C15H24N4O2. The average molecular weight is 292 g/mol. The highest BCUT2D eigenvalue weighted by atomic mass is 16.5. The Kier molecular flexibility index (Phi) is 5.41. The van der Waals surface area contributed by atoms with Crippen LogP contribution in [0.4, 0.5) is 0 Å². The number of amidine groups is 1. The van der Waals surface area contributed by atoms with Crippen molar-refractivity contribution in [2.75, 3.05) is 27.2 Å². The molecule has 0 radical (unpaired) electrons. The van der Waals surface area contributed by atoms with Crippen molar-refractivity contribution in [3.63, 3.8) is 0 Å². The van der Waals surface area contributed by atoms with Gasteiger partial charge in [-0.2, -0.15) is 0 Å². The van der Waals surface area contributed by atoms with E-state index in [1.807, 2.05) is 18.2 Å². The number of hydrogen-bond acceptors (Lipinski definition) is 5. The van der Waals surface area contributed by atoms with Crippen LogP contribution in [0, 0.1) is 0 Å². The first-order valence-electron chi connectivity index (χ1n) is 7.21. The number of benzene rings is 1. The molecule has 1 aliphatic heterocycles. The van der Waals surface area contributed by atoms with Gasteiger partial charge < -0.3 is 25.9 Å². The standard InChI is InChI=1S/C15H24N4O2/c1-19-7-3-4-12(19)10-17-9-11-5-6-13(15(16)18-20)14(8-11)21-2/h5-6,8,12,17,20H,3-4,7,9-10H2,1-2H3,(H2,16,18). The van der Waals surface area contributed by atoms with Crippen LogP contribution in [0.1, 0.15) is 24.0 Å². The SMILES string of the molecule is COc1cc(CNCC2CCCN2C)ccc1/C(N)=N/O. The van der Waals surface area contributed by atoms with E-state index in [4.69, 9.17) is 15.7 Å². The maximum Gasteiger partial charge on any atom is 0.173 e. The minimum atomic E-state index is 0.0546. The summed E-state index contributed by atoms with van der Waals surface area (Å²) >= 11 is 0. The van der Waals surface area contributed by atoms with E-state index in [1.54, 1.807) is 7.11 Å². The number of nitrogens with one attached hydrogen (secondary N) is 1. The van der Waals surface area contributed by atoms with Crippen LogP contribution < -0.4 is 15.8 Å². The predicted octanol–water partition coefficient (Wildman–Crippen LogP) is 0.974. The maximum absolute atomic E-state index is 8.76. The van der Waals surface area contributed by atoms with Crippen LogP contribution in [-0.4, -0.2) is 49.2 Å². The second kappa shape index (κ2) is 7.28. The predicted molar refractivity (Wildman–Crippen MR) is 82.9 cm³/mol. The lowest BCUT2D eigenvalue weighted by Crippen LogP contribution is -2.35. The van der Waals surface area contributed by atoms with Gasteiger partial charge in [0, 0.05) is 19.1 Å². The monoisotopic (exact) mass is 292 g/mol. The first-order chi connectivity index (χ1) is 10.2. The molecule has 0 spiro atoms. The van der Waals surface area contributed by atoms with Crippen LogP contribution in [0.3, 0.4) is 0 Å². The number of likely N-dealkylation sites (N-methyl/N-ethyl adjacent to an activating group) is 1. The zero-order valence-corrected chi connectivity index (χ0v) is 12.7. The van der Waals surface area contributed by atoms with Gasteiger partial charge in [0.2, 0.25) is 0 Å². The van der Waals surface area contributed by atoms with Gasteiger partial charge in [-0.05, 0) is 44.1 Å². The number of oxime groups is 1. The lowest BCUT2D eigenvalue weighted by atomic mass is 10.1. The molecular weight excluding hydrogens is 268 g/mol. The molecule has 1 aliphatic rings. The third kappa shape index (κ3) is 3.86. The van der Waals surface area contributed by atoms with Crippen molar-refractivity contribution >= 4 is 5.84 Å². The molecule has 1 saturated heterocycles. The highest BCUT2D eigenvalue weighted by Gasteiger charge is 2.19. The van der Waals surface area contributed by atoms with Crippen LogP contribution in [0.5, 0.6) is 5.75 Å². The maximum atomic E-state index is 8.76. The summed E-state index contributed by atoms with van der Waals surface area (Å²) in [6.45, 7) is 2.95. The first-order valence-corrected chi connectivity index (χ1v) is 7.21. The van der Waals surface area contributed by atoms with Gasteiger partial charge in [-0.15, -0.1) is 0 Å². The van der Waals surface area contributed by atoms with Gasteiger partial charge in [0.1, 0.15) is 5.75 Å². The fraction of sp³-hybridized carbons (Fsp3) is 0.533. The zero-order chi connectivity index (χ0) is 15.2. The Balaban J connectivity index is 1.94. The average Bonchev–Trinajstić information content (AvgIpc) is 2.91. The van der Waals surface area contributed by atoms with Gasteiger partial charge in [0.25, 0.3) is 0 Å². The molecule has 6 heteroatoms. The minimum Gasteiger partial charge on any atom is -0.496 e. The number of nitrogens with zero attached hydrogens (tertiary/aromatic N) is 2. The van der Waals surface area contributed by atoms with Crippen molar-refractivity contribution in [2.24, 2.45) is 10.9 Å². The van der Waals surface area contributed by atoms with Crippen LogP contribution in [-0.2, 0) is 6.54 Å². The molecule has 0 aliphatic carbocycles. The Labute approximate surface area is 125 Å². The largest absolute Gasteiger partial charge is 0.496 e. The van der Waals surface area contributed by atoms with Crippen molar-refractivity contribution in [1.82, 2.24) is 10.2 Å². The highest BCUT2D eigenvalue weighted by Crippen LogP contribution is 2.20. The molecule has 1 aromatic rings. The molecule has 1 atom stereocenters. The van der Waals surface area contributed by atoms with E-state index in [1.165, 1.54) is 19.4 Å². The zero-order valence-electron chi connectivity index (χ0n) is 12.7. The van der Waals surface area contributed by atoms with E-state index >= 15 is 0 Å². The molecule has 1 aromatic carbocycles. The third-order valence-corrected chi connectivity index (χ3v) is 4.03. The Morgan fingerprint density at radius 3 is 3.00 bits per heavy atom. The van der Waals surface area contributed by atoms with E-state index < -0.39 is 0 Å². The van der Waals surface area contributed by atoms with Gasteiger partial charge in [-0.25, -0.2) is 0 Å². The van der Waals surface area contributed by atoms with E-state index in [0.29, 0.717) is 17.4 Å². The van der Waals surface area contributed by atoms with E-state index in [-0.39, 0.29) is 5.84 Å². The van der Waals surface area contributed by atoms with E-state index in [0.717, 1.165) is 18.7 Å². The van der Waals surface area contributed by atoms with Crippen LogP contribution in [0.2, 0.25) is 0 Å². The van der Waals surface area contributed by atoms with Gasteiger partial charge in [0.15, 0.2) is 5.84 Å². The van der Waals surface area contributed by atoms with E-state index in [9.17, 15) is 0 Å². The number of likely N-dealkylation sites (tertiary alicyclic amines) is 1. The van der Waals surface area contributed by atoms with Crippen LogP contribution >= 0.6 is 0 Å². The Hall–Kier alpha value is -1.79. The minimum absolute atomic E-state index is 0.0546. The summed E-state index contributed by atoms with van der Waals surface area (Å²) in [6.07, 6.45) is 2.54. The Morgan fingerprint density at radius 1 is 1.57 bits per heavy atom. The summed E-state index contributed by atoms with van der Waals surface area (Å²) in [5, 5.41) is 15.2. The second-order valence-corrected chi connectivity index (χ2v) is 5.43. The summed E-state index contributed by atoms with van der Waals surface area (Å²) in [4.78, 5) is 2.40. The molecule has 1 heterocycles. The molecule has 1 unspecified atom stereocenters. The molecule has 0 saturated carbocycles. The topological polar surface area (TPSA) is 83.1 Å². The van der Waals surface area contributed by atoms with E-state index in [2.05, 4.69) is 22.4 Å². The Bertz CT molecular complexity index is 504. The van der Waals surface area contributed by atoms with Crippen molar-refractivity contribution in [3.05, 3.63) is 29.3 Å². The lowest BCUT2D eigenvalue weighted by molar-refractivity contribution is 0.300. The molecule has 4 N–H and O–H groups in total. The number of nitrogens with two attached hydrogens (primary N) is 1. The lowest BCUT2D eigenvalue weighted by Gasteiger charge is -2.20. The normalized spacial score (nSPS) is 19.9. The van der Waals surface area contributed by atoms with Gasteiger partial charge >= 0.3 is 0 Å². The second-order valence-electron chi connectivity index (χ2n) is 5.43. The molecule has 116 valence electrons. The van der Waals surface area contributed by atoms with Crippen LogP contribution in [0.25, 0.3) is 0 Å². The summed E-state index contributed by atoms with van der Waals surface area (Å²) in [5.41, 5.74) is 7.33. The smallest absolute Gasteiger partial charge is 0.173 e.